The van der Waals surface area contributed by atoms with Crippen molar-refractivity contribution < 1.29 is 9.59 Å². The fourth-order valence-corrected chi connectivity index (χ4v) is 2.17. The van der Waals surface area contributed by atoms with E-state index in [1.54, 1.807) is 24.3 Å². The summed E-state index contributed by atoms with van der Waals surface area (Å²) in [6.07, 6.45) is 1.79. The highest BCUT2D eigenvalue weighted by Crippen LogP contribution is 2.14. The van der Waals surface area contributed by atoms with Gasteiger partial charge >= 0.3 is 0 Å². The third-order valence-corrected chi connectivity index (χ3v) is 3.38. The standard InChI is InChI=1S/C15H21N3O2.ClH/c1-2-8-17-14(19)11-3-5-13(6-4-11)18-15(20)12-7-9-16-10-12;/h3-6,12,16H,2,7-10H2,1H3,(H,17,19)(H,18,20);1H. The van der Waals surface area contributed by atoms with E-state index < -0.39 is 0 Å². The lowest BCUT2D eigenvalue weighted by Crippen LogP contribution is -2.25. The molecular weight excluding hydrogens is 290 g/mol. The highest BCUT2D eigenvalue weighted by atomic mass is 35.5. The van der Waals surface area contributed by atoms with Gasteiger partial charge in [-0.05, 0) is 43.7 Å². The Morgan fingerprint density at radius 2 is 2.00 bits per heavy atom. The molecule has 6 heteroatoms. The van der Waals surface area contributed by atoms with Crippen LogP contribution < -0.4 is 16.0 Å². The van der Waals surface area contributed by atoms with Gasteiger partial charge in [0, 0.05) is 24.3 Å². The summed E-state index contributed by atoms with van der Waals surface area (Å²) in [7, 11) is 0. The molecule has 1 aromatic carbocycles. The Kier molecular flexibility index (Phi) is 7.19. The van der Waals surface area contributed by atoms with Crippen LogP contribution in [0.15, 0.2) is 24.3 Å². The Labute approximate surface area is 131 Å². The Morgan fingerprint density at radius 3 is 2.57 bits per heavy atom. The third kappa shape index (κ3) is 5.02. The monoisotopic (exact) mass is 311 g/mol. The van der Waals surface area contributed by atoms with Crippen molar-refractivity contribution in [2.24, 2.45) is 5.92 Å². The van der Waals surface area contributed by atoms with E-state index in [2.05, 4.69) is 16.0 Å². The molecule has 1 unspecified atom stereocenters. The zero-order valence-corrected chi connectivity index (χ0v) is 13.0. The van der Waals surface area contributed by atoms with E-state index in [-0.39, 0.29) is 30.1 Å². The van der Waals surface area contributed by atoms with E-state index in [0.29, 0.717) is 12.1 Å². The minimum Gasteiger partial charge on any atom is -0.352 e. The van der Waals surface area contributed by atoms with Gasteiger partial charge in [-0.2, -0.15) is 0 Å². The lowest BCUT2D eigenvalue weighted by atomic mass is 10.1. The lowest BCUT2D eigenvalue weighted by Gasteiger charge is -2.10. The highest BCUT2D eigenvalue weighted by Gasteiger charge is 2.22. The Bertz CT molecular complexity index is 470. The van der Waals surface area contributed by atoms with Gasteiger partial charge in [-0.15, -0.1) is 12.4 Å². The smallest absolute Gasteiger partial charge is 0.251 e. The van der Waals surface area contributed by atoms with Crippen molar-refractivity contribution in [1.82, 2.24) is 10.6 Å². The zero-order valence-electron chi connectivity index (χ0n) is 12.1. The van der Waals surface area contributed by atoms with Gasteiger partial charge in [0.05, 0.1) is 5.92 Å². The predicted octanol–water partition coefficient (Wildman–Crippen LogP) is 1.80. The first-order valence-corrected chi connectivity index (χ1v) is 7.10. The van der Waals surface area contributed by atoms with Gasteiger partial charge in [0.25, 0.3) is 5.91 Å². The average Bonchev–Trinajstić information content (AvgIpc) is 3.00. The van der Waals surface area contributed by atoms with E-state index in [1.165, 1.54) is 0 Å². The van der Waals surface area contributed by atoms with Gasteiger partial charge < -0.3 is 16.0 Å². The largest absolute Gasteiger partial charge is 0.352 e. The minimum atomic E-state index is -0.0790. The molecule has 0 aliphatic carbocycles. The zero-order chi connectivity index (χ0) is 14.4. The number of rotatable bonds is 5. The highest BCUT2D eigenvalue weighted by molar-refractivity contribution is 5.96. The maximum atomic E-state index is 11.9. The van der Waals surface area contributed by atoms with E-state index >= 15 is 0 Å². The molecule has 1 aliphatic rings. The number of carbonyl (C=O) groups excluding carboxylic acids is 2. The molecule has 1 saturated heterocycles. The molecule has 0 radical (unpaired) electrons. The van der Waals surface area contributed by atoms with Crippen molar-refractivity contribution in [1.29, 1.82) is 0 Å². The van der Waals surface area contributed by atoms with Crippen molar-refractivity contribution in [2.75, 3.05) is 25.0 Å². The van der Waals surface area contributed by atoms with Crippen LogP contribution in [0.5, 0.6) is 0 Å². The number of carbonyl (C=O) groups is 2. The minimum absolute atomic E-state index is 0. The molecule has 1 heterocycles. The molecule has 5 nitrogen and oxygen atoms in total. The molecule has 21 heavy (non-hydrogen) atoms. The second-order valence-electron chi connectivity index (χ2n) is 5.01. The summed E-state index contributed by atoms with van der Waals surface area (Å²) in [5.74, 6) is 0.00503. The topological polar surface area (TPSA) is 70.2 Å². The van der Waals surface area contributed by atoms with Gasteiger partial charge in [0.15, 0.2) is 0 Å². The summed E-state index contributed by atoms with van der Waals surface area (Å²) >= 11 is 0. The first kappa shape index (κ1) is 17.5. The summed E-state index contributed by atoms with van der Waals surface area (Å²) in [5.41, 5.74) is 1.34. The normalized spacial score (nSPS) is 16.9. The number of anilines is 1. The van der Waals surface area contributed by atoms with Gasteiger partial charge in [0.1, 0.15) is 0 Å². The summed E-state index contributed by atoms with van der Waals surface area (Å²) in [6, 6.07) is 6.99. The van der Waals surface area contributed by atoms with Crippen LogP contribution in [0.1, 0.15) is 30.1 Å². The maximum absolute atomic E-state index is 11.9. The first-order chi connectivity index (χ1) is 9.70. The number of hydrogen-bond acceptors (Lipinski definition) is 3. The molecule has 2 amide bonds. The number of hydrogen-bond donors (Lipinski definition) is 3. The number of amides is 2. The predicted molar refractivity (Wildman–Crippen MR) is 85.9 cm³/mol. The van der Waals surface area contributed by atoms with Crippen molar-refractivity contribution in [3.63, 3.8) is 0 Å². The summed E-state index contributed by atoms with van der Waals surface area (Å²) < 4.78 is 0. The SMILES string of the molecule is CCCNC(=O)c1ccc(NC(=O)C2CCNC2)cc1.Cl. The van der Waals surface area contributed by atoms with E-state index in [1.807, 2.05) is 6.92 Å². The second-order valence-corrected chi connectivity index (χ2v) is 5.01. The molecule has 0 aromatic heterocycles. The molecule has 1 fully saturated rings. The molecule has 0 saturated carbocycles. The summed E-state index contributed by atoms with van der Waals surface area (Å²) in [4.78, 5) is 23.7. The average molecular weight is 312 g/mol. The first-order valence-electron chi connectivity index (χ1n) is 7.10. The van der Waals surface area contributed by atoms with Crippen LogP contribution in [0.2, 0.25) is 0 Å². The van der Waals surface area contributed by atoms with Gasteiger partial charge in [0.2, 0.25) is 5.91 Å². The molecule has 1 atom stereocenters. The van der Waals surface area contributed by atoms with Crippen molar-refractivity contribution in [2.45, 2.75) is 19.8 Å². The van der Waals surface area contributed by atoms with E-state index in [9.17, 15) is 9.59 Å². The fourth-order valence-electron chi connectivity index (χ4n) is 2.17. The van der Waals surface area contributed by atoms with Crippen LogP contribution in [0.3, 0.4) is 0 Å². The number of halogens is 1. The quantitative estimate of drug-likeness (QED) is 0.776. The molecule has 1 aromatic rings. The Hall–Kier alpha value is -1.59. The van der Waals surface area contributed by atoms with Crippen LogP contribution in [0, 0.1) is 5.92 Å². The molecule has 2 rings (SSSR count). The molecular formula is C15H22ClN3O2. The van der Waals surface area contributed by atoms with Gasteiger partial charge in [-0.25, -0.2) is 0 Å². The van der Waals surface area contributed by atoms with Crippen LogP contribution in [0.4, 0.5) is 5.69 Å². The number of benzene rings is 1. The fraction of sp³-hybridized carbons (Fsp3) is 0.467. The molecule has 116 valence electrons. The molecule has 0 bridgehead atoms. The van der Waals surface area contributed by atoms with Crippen LogP contribution in [0.25, 0.3) is 0 Å². The second kappa shape index (κ2) is 8.64. The van der Waals surface area contributed by atoms with E-state index in [4.69, 9.17) is 0 Å². The van der Waals surface area contributed by atoms with E-state index in [0.717, 1.165) is 31.6 Å². The van der Waals surface area contributed by atoms with Gasteiger partial charge in [-0.3, -0.25) is 9.59 Å². The van der Waals surface area contributed by atoms with Crippen LogP contribution in [-0.4, -0.2) is 31.4 Å². The van der Waals surface area contributed by atoms with Crippen LogP contribution >= 0.6 is 12.4 Å². The Balaban J connectivity index is 0.00000220. The van der Waals surface area contributed by atoms with Crippen LogP contribution in [-0.2, 0) is 4.79 Å². The van der Waals surface area contributed by atoms with Gasteiger partial charge in [-0.1, -0.05) is 6.92 Å². The van der Waals surface area contributed by atoms with Crippen molar-refractivity contribution in [3.05, 3.63) is 29.8 Å². The third-order valence-electron chi connectivity index (χ3n) is 3.38. The maximum Gasteiger partial charge on any atom is 0.251 e. The Morgan fingerprint density at radius 1 is 1.29 bits per heavy atom. The van der Waals surface area contributed by atoms with Crippen molar-refractivity contribution >= 4 is 29.9 Å². The summed E-state index contributed by atoms with van der Waals surface area (Å²) in [5, 5.41) is 8.87. The van der Waals surface area contributed by atoms with Crippen molar-refractivity contribution in [3.8, 4) is 0 Å². The summed E-state index contributed by atoms with van der Waals surface area (Å²) in [6.45, 7) is 4.32. The molecule has 3 N–H and O–H groups in total. The molecule has 1 aliphatic heterocycles. The number of nitrogens with one attached hydrogen (secondary N) is 3. The molecule has 0 spiro atoms. The lowest BCUT2D eigenvalue weighted by molar-refractivity contribution is -0.119.